The van der Waals surface area contributed by atoms with Crippen LogP contribution in [0.4, 0.5) is 35.1 Å². The minimum atomic E-state index is -4.75. The van der Waals surface area contributed by atoms with Gasteiger partial charge in [-0.1, -0.05) is 36.4 Å². The van der Waals surface area contributed by atoms with Gasteiger partial charge in [0.25, 0.3) is 0 Å². The molecule has 2 aliphatic rings. The molecule has 0 saturated heterocycles. The fourth-order valence-corrected chi connectivity index (χ4v) is 6.15. The van der Waals surface area contributed by atoms with Crippen LogP contribution in [0.5, 0.6) is 11.5 Å². The van der Waals surface area contributed by atoms with E-state index in [0.717, 1.165) is 16.6 Å². The van der Waals surface area contributed by atoms with Crippen LogP contribution in [0.15, 0.2) is 91.4 Å². The van der Waals surface area contributed by atoms with Crippen LogP contribution in [0.2, 0.25) is 0 Å². The van der Waals surface area contributed by atoms with Gasteiger partial charge in [0.2, 0.25) is 0 Å². The SMILES string of the molecule is CC1(F)CC1c1nc(C#N)c2ccc(-c3ccc(OC(F)(F)F)cc3)cn12.CC1(F)CC1c1ncc2ccc(-c3ccc(OC(F)(F)F)cc3)cn12. The highest BCUT2D eigenvalue weighted by molar-refractivity contribution is 5.69. The van der Waals surface area contributed by atoms with Gasteiger partial charge in [-0.15, -0.1) is 26.3 Å². The van der Waals surface area contributed by atoms with Gasteiger partial charge in [0.05, 0.1) is 29.1 Å². The van der Waals surface area contributed by atoms with Crippen LogP contribution >= 0.6 is 0 Å². The van der Waals surface area contributed by atoms with Gasteiger partial charge < -0.3 is 18.3 Å². The normalized spacial score (nSPS) is 22.4. The number of rotatable bonds is 6. The van der Waals surface area contributed by atoms with Gasteiger partial charge in [-0.05, 0) is 85.3 Å². The van der Waals surface area contributed by atoms with E-state index in [-0.39, 0.29) is 29.0 Å². The lowest BCUT2D eigenvalue weighted by molar-refractivity contribution is -0.275. The van der Waals surface area contributed by atoms with E-state index in [0.29, 0.717) is 41.1 Å². The minimum absolute atomic E-state index is 0.216. The van der Waals surface area contributed by atoms with Crippen molar-refractivity contribution in [3.05, 3.63) is 109 Å². The second-order valence-electron chi connectivity index (χ2n) is 13.1. The molecule has 0 radical (unpaired) electrons. The number of ether oxygens (including phenoxy) is 2. The monoisotopic (exact) mass is 725 g/mol. The van der Waals surface area contributed by atoms with Gasteiger partial charge in [-0.25, -0.2) is 18.7 Å². The molecular formula is C37H27F8N5O2. The quantitative estimate of drug-likeness (QED) is 0.160. The molecule has 4 unspecified atom stereocenters. The number of benzene rings is 2. The largest absolute Gasteiger partial charge is 0.573 e. The summed E-state index contributed by atoms with van der Waals surface area (Å²) in [6.45, 7) is 3.05. The Morgan fingerprint density at radius 1 is 0.673 bits per heavy atom. The summed E-state index contributed by atoms with van der Waals surface area (Å²) in [6.07, 6.45) is -3.45. The second kappa shape index (κ2) is 12.2. The van der Waals surface area contributed by atoms with E-state index in [1.165, 1.54) is 43.3 Å². The number of hydrogen-bond donors (Lipinski definition) is 0. The third-order valence-electron chi connectivity index (χ3n) is 9.13. The van der Waals surface area contributed by atoms with Crippen molar-refractivity contribution in [1.82, 2.24) is 18.8 Å². The van der Waals surface area contributed by atoms with Crippen LogP contribution in [-0.2, 0) is 0 Å². The molecular weight excluding hydrogens is 698 g/mol. The molecule has 6 aromatic rings. The summed E-state index contributed by atoms with van der Waals surface area (Å²) in [4.78, 5) is 8.59. The Hall–Kier alpha value is -5.65. The van der Waals surface area contributed by atoms with Crippen molar-refractivity contribution < 1.29 is 44.6 Å². The Morgan fingerprint density at radius 2 is 1.12 bits per heavy atom. The average Bonchev–Trinajstić information content (AvgIpc) is 3.73. The third-order valence-corrected chi connectivity index (χ3v) is 9.13. The second-order valence-corrected chi connectivity index (χ2v) is 13.1. The summed E-state index contributed by atoms with van der Waals surface area (Å²) in [6, 6.07) is 20.2. The summed E-state index contributed by atoms with van der Waals surface area (Å²) in [5.74, 6) is -0.0533. The van der Waals surface area contributed by atoms with Gasteiger partial charge in [-0.2, -0.15) is 5.26 Å². The number of nitriles is 1. The maximum absolute atomic E-state index is 14.2. The lowest BCUT2D eigenvalue weighted by Crippen LogP contribution is -2.16. The number of alkyl halides is 8. The smallest absolute Gasteiger partial charge is 0.406 e. The highest BCUT2D eigenvalue weighted by Gasteiger charge is 2.55. The summed E-state index contributed by atoms with van der Waals surface area (Å²) in [7, 11) is 0. The van der Waals surface area contributed by atoms with E-state index >= 15 is 0 Å². The first-order chi connectivity index (χ1) is 24.4. The zero-order valence-corrected chi connectivity index (χ0v) is 27.3. The Morgan fingerprint density at radius 3 is 1.58 bits per heavy atom. The number of imidazole rings is 2. The molecule has 4 heterocycles. The van der Waals surface area contributed by atoms with Crippen molar-refractivity contribution in [2.45, 2.75) is 62.6 Å². The molecule has 52 heavy (non-hydrogen) atoms. The van der Waals surface area contributed by atoms with E-state index < -0.39 is 24.1 Å². The molecule has 15 heteroatoms. The van der Waals surface area contributed by atoms with Crippen LogP contribution < -0.4 is 9.47 Å². The number of fused-ring (bicyclic) bond motifs is 2. The first kappa shape index (κ1) is 34.8. The van der Waals surface area contributed by atoms with Crippen LogP contribution in [-0.4, -0.2) is 42.8 Å². The van der Waals surface area contributed by atoms with Crippen LogP contribution in [0.1, 0.15) is 55.9 Å². The zero-order chi connectivity index (χ0) is 37.2. The molecule has 0 N–H and O–H groups in total. The molecule has 0 aliphatic heterocycles. The van der Waals surface area contributed by atoms with Gasteiger partial charge in [-0.3, -0.25) is 0 Å². The Labute approximate surface area is 290 Å². The first-order valence-electron chi connectivity index (χ1n) is 15.9. The molecule has 0 bridgehead atoms. The predicted molar refractivity (Wildman–Crippen MR) is 173 cm³/mol. The zero-order valence-electron chi connectivity index (χ0n) is 27.3. The van der Waals surface area contributed by atoms with Gasteiger partial charge in [0, 0.05) is 12.4 Å². The number of pyridine rings is 2. The van der Waals surface area contributed by atoms with Crippen LogP contribution in [0, 0.1) is 11.3 Å². The number of hydrogen-bond acceptors (Lipinski definition) is 5. The van der Waals surface area contributed by atoms with Crippen molar-refractivity contribution in [3.8, 4) is 39.8 Å². The standard InChI is InChI=1S/C19H13F4N3O.C18H14F4N2O/c1-18(20)8-14(18)17-25-15(9-24)16-7-4-12(10-26(16)17)11-2-5-13(6-3-11)27-19(21,22)23;1-17(19)8-15(17)16-23-9-13-5-2-12(10-24(13)16)11-3-6-14(7-4-11)25-18(20,21)22/h2-7,10,14H,8H2,1H3;2-7,9-10,15H,8H2,1H3. The molecule has 2 aliphatic carbocycles. The number of aromatic nitrogens is 4. The van der Waals surface area contributed by atoms with Crippen molar-refractivity contribution in [2.75, 3.05) is 0 Å². The fourth-order valence-electron chi connectivity index (χ4n) is 6.15. The fraction of sp³-hybridized carbons (Fsp3) is 0.270. The summed E-state index contributed by atoms with van der Waals surface area (Å²) in [5, 5.41) is 9.27. The summed E-state index contributed by atoms with van der Waals surface area (Å²) < 4.78 is 113. The van der Waals surface area contributed by atoms with E-state index in [1.54, 1.807) is 48.0 Å². The topological polar surface area (TPSA) is 76.8 Å². The molecule has 4 aromatic heterocycles. The maximum atomic E-state index is 14.2. The lowest BCUT2D eigenvalue weighted by Gasteiger charge is -2.10. The first-order valence-corrected chi connectivity index (χ1v) is 15.9. The maximum Gasteiger partial charge on any atom is 0.573 e. The molecule has 0 amide bonds. The summed E-state index contributed by atoms with van der Waals surface area (Å²) in [5.41, 5.74) is 1.94. The number of halogens is 8. The molecule has 8 rings (SSSR count). The van der Waals surface area contributed by atoms with Crippen LogP contribution in [0.3, 0.4) is 0 Å². The molecule has 2 aromatic carbocycles. The van der Waals surface area contributed by atoms with Gasteiger partial charge in [0.15, 0.2) is 5.69 Å². The Kier molecular flexibility index (Phi) is 8.19. The Balaban J connectivity index is 0.000000162. The molecule has 268 valence electrons. The van der Waals surface area contributed by atoms with Gasteiger partial charge in [0.1, 0.15) is 40.6 Å². The van der Waals surface area contributed by atoms with Crippen molar-refractivity contribution >= 4 is 11.0 Å². The van der Waals surface area contributed by atoms with E-state index in [4.69, 9.17) is 0 Å². The predicted octanol–water partition coefficient (Wildman–Crippen LogP) is 10.1. The van der Waals surface area contributed by atoms with E-state index in [9.17, 15) is 40.4 Å². The van der Waals surface area contributed by atoms with Crippen LogP contribution in [0.25, 0.3) is 33.3 Å². The highest BCUT2D eigenvalue weighted by Crippen LogP contribution is 2.54. The van der Waals surface area contributed by atoms with E-state index in [2.05, 4.69) is 19.4 Å². The van der Waals surface area contributed by atoms with Crippen molar-refractivity contribution in [3.63, 3.8) is 0 Å². The number of nitrogens with zero attached hydrogens (tertiary/aromatic N) is 5. The molecule has 4 atom stereocenters. The Bertz CT molecular complexity index is 2320. The third kappa shape index (κ3) is 7.23. The lowest BCUT2D eigenvalue weighted by atomic mass is 10.1. The van der Waals surface area contributed by atoms with E-state index in [1.807, 2.05) is 28.8 Å². The minimum Gasteiger partial charge on any atom is -0.406 e. The summed E-state index contributed by atoms with van der Waals surface area (Å²) >= 11 is 0. The van der Waals surface area contributed by atoms with Crippen molar-refractivity contribution in [1.29, 1.82) is 5.26 Å². The highest BCUT2D eigenvalue weighted by atomic mass is 19.4. The van der Waals surface area contributed by atoms with Gasteiger partial charge >= 0.3 is 12.7 Å². The average molecular weight is 726 g/mol. The molecule has 2 fully saturated rings. The molecule has 7 nitrogen and oxygen atoms in total. The molecule has 0 spiro atoms. The van der Waals surface area contributed by atoms with Crippen molar-refractivity contribution in [2.24, 2.45) is 0 Å². The molecule has 2 saturated carbocycles.